The average molecular weight is 467 g/mol. The molecule has 7 nitrogen and oxygen atoms in total. The molecule has 0 radical (unpaired) electrons. The number of carbonyl (C=O) groups excluding carboxylic acids is 1. The first kappa shape index (κ1) is 23.7. The van der Waals surface area contributed by atoms with Crippen LogP contribution in [0.3, 0.4) is 0 Å². The minimum Gasteiger partial charge on any atom is -0.505 e. The van der Waals surface area contributed by atoms with Gasteiger partial charge in [0.15, 0.2) is 5.75 Å². The molecule has 7 heteroatoms. The molecule has 0 spiro atoms. The van der Waals surface area contributed by atoms with Gasteiger partial charge in [0.05, 0.1) is 40.7 Å². The predicted molar refractivity (Wildman–Crippen MR) is 136 cm³/mol. The largest absolute Gasteiger partial charge is 0.505 e. The number of hydrogen-bond acceptors (Lipinski definition) is 6. The van der Waals surface area contributed by atoms with Gasteiger partial charge in [-0.3, -0.25) is 0 Å². The molecule has 0 atom stereocenters. The van der Waals surface area contributed by atoms with Crippen molar-refractivity contribution in [1.82, 2.24) is 4.98 Å². The van der Waals surface area contributed by atoms with Crippen molar-refractivity contribution in [1.29, 1.82) is 5.26 Å². The molecule has 1 aromatic heterocycles. The lowest BCUT2D eigenvalue weighted by Crippen LogP contribution is -2.29. The topological polar surface area (TPSA) is 124 Å². The van der Waals surface area contributed by atoms with Gasteiger partial charge in [-0.25, -0.2) is 9.79 Å². The monoisotopic (exact) mass is 466 g/mol. The lowest BCUT2D eigenvalue weighted by molar-refractivity contribution is 0.0526. The number of rotatable bonds is 6. The Morgan fingerprint density at radius 3 is 2.51 bits per heavy atom. The van der Waals surface area contributed by atoms with Crippen molar-refractivity contribution in [2.45, 2.75) is 26.3 Å². The molecule has 0 aliphatic rings. The van der Waals surface area contributed by atoms with Crippen LogP contribution in [0.5, 0.6) is 5.75 Å². The lowest BCUT2D eigenvalue weighted by atomic mass is 9.91. The summed E-state index contributed by atoms with van der Waals surface area (Å²) in [4.78, 5) is 20.2. The zero-order valence-corrected chi connectivity index (χ0v) is 19.8. The molecule has 0 saturated carbocycles. The molecule has 4 aromatic rings. The summed E-state index contributed by atoms with van der Waals surface area (Å²) in [5.74, 6) is -0.424. The highest BCUT2D eigenvalue weighted by atomic mass is 16.5. The summed E-state index contributed by atoms with van der Waals surface area (Å²) in [5.41, 5.74) is 9.85. The average Bonchev–Trinajstić information content (AvgIpc) is 3.17. The third kappa shape index (κ3) is 4.79. The Labute approximate surface area is 203 Å². The maximum absolute atomic E-state index is 12.2. The number of carbonyl (C=O) groups is 1. The zero-order valence-electron chi connectivity index (χ0n) is 19.8. The summed E-state index contributed by atoms with van der Waals surface area (Å²) < 4.78 is 5.09. The third-order valence-electron chi connectivity index (χ3n) is 5.63. The number of hydrogen-bond donors (Lipinski definition) is 3. The van der Waals surface area contributed by atoms with Crippen LogP contribution in [0.1, 0.15) is 53.5 Å². The second-order valence-electron chi connectivity index (χ2n) is 8.72. The minimum atomic E-state index is -0.679. The molecule has 1 heterocycles. The molecule has 0 amide bonds. The van der Waals surface area contributed by atoms with Gasteiger partial charge >= 0.3 is 5.97 Å². The highest BCUT2D eigenvalue weighted by Gasteiger charge is 2.21. The first-order valence-corrected chi connectivity index (χ1v) is 11.2. The Kier molecular flexibility index (Phi) is 6.41. The summed E-state index contributed by atoms with van der Waals surface area (Å²) in [6, 6.07) is 21.8. The second kappa shape index (κ2) is 9.45. The quantitative estimate of drug-likeness (QED) is 0.263. The van der Waals surface area contributed by atoms with Crippen LogP contribution in [-0.2, 0) is 10.3 Å². The fraction of sp³-hybridized carbons (Fsp3) is 0.179. The van der Waals surface area contributed by atoms with E-state index in [0.717, 1.165) is 11.1 Å². The van der Waals surface area contributed by atoms with Crippen LogP contribution < -0.4 is 5.73 Å². The first-order chi connectivity index (χ1) is 16.7. The van der Waals surface area contributed by atoms with Crippen molar-refractivity contribution in [2.75, 3.05) is 6.61 Å². The Balaban J connectivity index is 1.89. The number of nitrogens with zero attached hydrogens (tertiary/aromatic N) is 2. The van der Waals surface area contributed by atoms with Crippen molar-refractivity contribution in [3.63, 3.8) is 0 Å². The van der Waals surface area contributed by atoms with Crippen molar-refractivity contribution >= 4 is 28.3 Å². The van der Waals surface area contributed by atoms with Gasteiger partial charge in [-0.1, -0.05) is 36.4 Å². The van der Waals surface area contributed by atoms with Crippen LogP contribution in [-0.4, -0.2) is 28.4 Å². The lowest BCUT2D eigenvalue weighted by Gasteiger charge is -2.20. The number of H-pyrrole nitrogens is 1. The molecule has 0 bridgehead atoms. The maximum Gasteiger partial charge on any atom is 0.338 e. The molecular weight excluding hydrogens is 440 g/mol. The van der Waals surface area contributed by atoms with Crippen molar-refractivity contribution in [3.05, 3.63) is 94.7 Å². The van der Waals surface area contributed by atoms with E-state index in [-0.39, 0.29) is 12.4 Å². The number of aromatic nitrogens is 1. The van der Waals surface area contributed by atoms with E-state index in [9.17, 15) is 15.2 Å². The minimum absolute atomic E-state index is 0.0123. The van der Waals surface area contributed by atoms with E-state index in [1.165, 1.54) is 0 Å². The Morgan fingerprint density at radius 1 is 1.11 bits per heavy atom. The van der Waals surface area contributed by atoms with Gasteiger partial charge in [0.25, 0.3) is 0 Å². The number of benzene rings is 3. The van der Waals surface area contributed by atoms with Gasteiger partial charge in [-0.05, 0) is 56.7 Å². The van der Waals surface area contributed by atoms with Crippen LogP contribution in [0.15, 0.2) is 71.7 Å². The highest BCUT2D eigenvalue weighted by molar-refractivity contribution is 6.17. The molecule has 35 heavy (non-hydrogen) atoms. The van der Waals surface area contributed by atoms with E-state index in [4.69, 9.17) is 15.5 Å². The van der Waals surface area contributed by atoms with E-state index in [0.29, 0.717) is 39.1 Å². The summed E-state index contributed by atoms with van der Waals surface area (Å²) in [6.45, 7) is 5.70. The summed E-state index contributed by atoms with van der Waals surface area (Å²) >= 11 is 0. The van der Waals surface area contributed by atoms with Gasteiger partial charge in [0.2, 0.25) is 0 Å². The van der Waals surface area contributed by atoms with Gasteiger partial charge in [-0.2, -0.15) is 5.26 Å². The fourth-order valence-electron chi connectivity index (χ4n) is 3.94. The number of aromatic hydroxyl groups is 1. The fourth-order valence-corrected chi connectivity index (χ4v) is 3.94. The smallest absolute Gasteiger partial charge is 0.338 e. The van der Waals surface area contributed by atoms with Gasteiger partial charge in [0.1, 0.15) is 5.69 Å². The number of esters is 1. The van der Waals surface area contributed by atoms with Gasteiger partial charge in [-0.15, -0.1) is 0 Å². The van der Waals surface area contributed by atoms with Crippen LogP contribution in [0.4, 0.5) is 5.69 Å². The third-order valence-corrected chi connectivity index (χ3v) is 5.63. The summed E-state index contributed by atoms with van der Waals surface area (Å²) in [7, 11) is 0. The summed E-state index contributed by atoms with van der Waals surface area (Å²) in [6.07, 6.45) is 0. The number of nitrogens with two attached hydrogens (primary N) is 1. The molecule has 0 saturated heterocycles. The van der Waals surface area contributed by atoms with Crippen LogP contribution in [0.2, 0.25) is 0 Å². The van der Waals surface area contributed by atoms with Gasteiger partial charge < -0.3 is 20.6 Å². The van der Waals surface area contributed by atoms with Crippen molar-refractivity contribution in [3.8, 4) is 11.8 Å². The van der Waals surface area contributed by atoms with Gasteiger partial charge in [0, 0.05) is 16.5 Å². The number of ether oxygens (including phenoxy) is 1. The van der Waals surface area contributed by atoms with Crippen LogP contribution >= 0.6 is 0 Å². The van der Waals surface area contributed by atoms with E-state index in [1.54, 1.807) is 43.3 Å². The normalized spacial score (nSPS) is 11.9. The molecule has 0 unspecified atom stereocenters. The molecule has 4 N–H and O–H groups in total. The summed E-state index contributed by atoms with van der Waals surface area (Å²) in [5, 5.41) is 21.3. The molecule has 4 rings (SSSR count). The van der Waals surface area contributed by atoms with E-state index in [2.05, 4.69) is 11.1 Å². The van der Waals surface area contributed by atoms with Crippen molar-refractivity contribution in [2.24, 2.45) is 10.7 Å². The van der Waals surface area contributed by atoms with Crippen molar-refractivity contribution < 1.29 is 14.6 Å². The predicted octanol–water partition coefficient (Wildman–Crippen LogP) is 5.28. The number of aliphatic imine (C=N–C) groups is 1. The van der Waals surface area contributed by atoms with E-state index >= 15 is 0 Å². The van der Waals surface area contributed by atoms with E-state index in [1.807, 2.05) is 44.2 Å². The number of aromatic amines is 1. The number of nitriles is 1. The Morgan fingerprint density at radius 2 is 1.86 bits per heavy atom. The molecule has 176 valence electrons. The molecule has 0 aliphatic heterocycles. The molecular formula is C28H26N4O3. The number of fused-ring (bicyclic) bond motifs is 1. The highest BCUT2D eigenvalue weighted by Crippen LogP contribution is 2.33. The van der Waals surface area contributed by atoms with Crippen LogP contribution in [0, 0.1) is 11.3 Å². The zero-order chi connectivity index (χ0) is 25.2. The standard InChI is InChI=1S/C28H26N4O3/c1-4-35-27(34)18-10-12-21-23(15-18)32-25(26(21)33)24(17-8-6-5-7-9-17)31-20-11-13-22(28(2,3)30)19(14-20)16-29/h5-15,32-33H,4,30H2,1-3H3. The number of nitrogens with one attached hydrogen (secondary N) is 1. The second-order valence-corrected chi connectivity index (χ2v) is 8.72. The Bertz CT molecular complexity index is 1470. The van der Waals surface area contributed by atoms with E-state index < -0.39 is 11.5 Å². The van der Waals surface area contributed by atoms with Crippen LogP contribution in [0.25, 0.3) is 10.9 Å². The Hall–Kier alpha value is -4.41. The molecule has 0 fully saturated rings. The SMILES string of the molecule is CCOC(=O)c1ccc2c(O)c(C(=Nc3ccc(C(C)(C)N)c(C#N)c3)c3ccccc3)[nH]c2c1. The maximum atomic E-state index is 12.2. The molecule has 3 aromatic carbocycles. The first-order valence-electron chi connectivity index (χ1n) is 11.2. The molecule has 0 aliphatic carbocycles.